The first-order valence-corrected chi connectivity index (χ1v) is 22.6. The van der Waals surface area contributed by atoms with E-state index in [0.29, 0.717) is 16.5 Å². The fourth-order valence-corrected chi connectivity index (χ4v) is 6.50. The number of nitrogens with one attached hydrogen (secondary N) is 9. The highest BCUT2D eigenvalue weighted by molar-refractivity contribution is 6.01. The highest BCUT2D eigenvalue weighted by Gasteiger charge is 2.37. The zero-order chi connectivity index (χ0) is 54.4. The number of amides is 10. The molecule has 1 heterocycles. The van der Waals surface area contributed by atoms with E-state index in [1.165, 1.54) is 34.6 Å². The molecule has 71 heavy (non-hydrogen) atoms. The minimum Gasteiger partial charge on any atom is -0.481 e. The molecular formula is C41H71N15O15. The highest BCUT2D eigenvalue weighted by atomic mass is 16.5. The third kappa shape index (κ3) is 20.9. The third-order valence-electron chi connectivity index (χ3n) is 11.1. The Kier molecular flexibility index (Phi) is 26.1. The molecule has 1 aliphatic heterocycles. The standard InChI is InChI=1S/C41H71N15O15/c1-8-25(49-29(58)18-46-33(61)22(5)48-38(66)30(19(2)40(68)69)53-32(60)20(3)31(59)21(4)42)35(63)51-26(13-10-16-55(70)24(7)57)36(64)47-23(6)34(62)50-27(12-9-15-54(45)41(43)44)37(65)52-28-14-11-17-56(71)39(28)67/h8,19-23,26-28,30-31,59,70-71H,9-18,42,45H2,1-7H3,(H3,43,44)(H,46,61)(H,47,64)(H,48,66)(H,49,58)(H,50,62)(H,51,63)(H,52,65)(H,53,60)(H,68,69)/b25-8+. The molecule has 1 saturated heterocycles. The molecule has 1 fully saturated rings. The van der Waals surface area contributed by atoms with Crippen molar-refractivity contribution < 1.29 is 73.4 Å². The lowest BCUT2D eigenvalue weighted by Gasteiger charge is -2.30. The molecule has 0 bridgehead atoms. The fraction of sp³-hybridized carbons (Fsp3) is 0.659. The average molecular weight is 1010 g/mol. The predicted octanol–water partition coefficient (Wildman–Crippen LogP) is -5.99. The van der Waals surface area contributed by atoms with E-state index >= 15 is 0 Å². The Morgan fingerprint density at radius 2 is 1.38 bits per heavy atom. The summed E-state index contributed by atoms with van der Waals surface area (Å²) in [4.78, 5) is 142. The van der Waals surface area contributed by atoms with Crippen LogP contribution in [0.3, 0.4) is 0 Å². The van der Waals surface area contributed by atoms with Gasteiger partial charge in [0.05, 0.1) is 24.5 Å². The molecule has 10 amide bonds. The van der Waals surface area contributed by atoms with Crippen LogP contribution in [-0.2, 0) is 52.7 Å². The van der Waals surface area contributed by atoms with Gasteiger partial charge >= 0.3 is 5.97 Å². The van der Waals surface area contributed by atoms with Gasteiger partial charge in [-0.1, -0.05) is 13.0 Å². The number of hydrogen-bond acceptors (Lipinski definition) is 17. The summed E-state index contributed by atoms with van der Waals surface area (Å²) in [6, 6.07) is -9.29. The Balaban J connectivity index is 3.11. The summed E-state index contributed by atoms with van der Waals surface area (Å²) in [6.45, 7) is 7.71. The molecule has 0 saturated carbocycles. The van der Waals surface area contributed by atoms with Crippen molar-refractivity contribution in [3.63, 3.8) is 0 Å². The number of nitrogens with zero attached hydrogens (tertiary/aromatic N) is 3. The first-order chi connectivity index (χ1) is 33.0. The minimum atomic E-state index is -1.71. The fourth-order valence-electron chi connectivity index (χ4n) is 6.50. The van der Waals surface area contributed by atoms with E-state index in [1.54, 1.807) is 0 Å². The number of aliphatic hydroxyl groups excluding tert-OH is 1. The second-order valence-corrected chi connectivity index (χ2v) is 16.9. The van der Waals surface area contributed by atoms with Gasteiger partial charge in [0.1, 0.15) is 41.9 Å². The smallest absolute Gasteiger partial charge is 0.308 e. The summed E-state index contributed by atoms with van der Waals surface area (Å²) >= 11 is 0. The molecule has 19 N–H and O–H groups in total. The molecule has 0 radical (unpaired) electrons. The van der Waals surface area contributed by atoms with Crippen LogP contribution >= 0.6 is 0 Å². The van der Waals surface area contributed by atoms with Gasteiger partial charge < -0.3 is 64.2 Å². The number of carboxylic acids is 1. The molecule has 1 aliphatic rings. The van der Waals surface area contributed by atoms with Gasteiger partial charge in [-0.2, -0.15) is 0 Å². The summed E-state index contributed by atoms with van der Waals surface area (Å²) < 4.78 is 0. The van der Waals surface area contributed by atoms with Crippen LogP contribution in [-0.4, -0.2) is 181 Å². The monoisotopic (exact) mass is 1010 g/mol. The van der Waals surface area contributed by atoms with E-state index in [-0.39, 0.29) is 51.7 Å². The van der Waals surface area contributed by atoms with E-state index < -0.39 is 143 Å². The van der Waals surface area contributed by atoms with Crippen molar-refractivity contribution in [3.05, 3.63) is 11.8 Å². The molecule has 0 aromatic heterocycles. The molecular weight excluding hydrogens is 943 g/mol. The maximum absolute atomic E-state index is 13.7. The first-order valence-electron chi connectivity index (χ1n) is 22.6. The summed E-state index contributed by atoms with van der Waals surface area (Å²) in [5.74, 6) is -8.04. The van der Waals surface area contributed by atoms with Crippen molar-refractivity contribution in [2.45, 2.75) is 135 Å². The molecule has 1 rings (SSSR count). The van der Waals surface area contributed by atoms with Crippen LogP contribution < -0.4 is 59.8 Å². The number of carbonyl (C=O) groups excluding carboxylic acids is 10. The number of hydroxylamine groups is 4. The van der Waals surface area contributed by atoms with Crippen LogP contribution in [0.5, 0.6) is 0 Å². The number of hydrogen-bond donors (Lipinski definition) is 16. The summed E-state index contributed by atoms with van der Waals surface area (Å²) in [5, 5.41) is 67.5. The number of piperidine rings is 1. The molecule has 10 atom stereocenters. The van der Waals surface area contributed by atoms with E-state index in [4.69, 9.17) is 22.7 Å². The van der Waals surface area contributed by atoms with Crippen LogP contribution in [0.1, 0.15) is 87.0 Å². The number of carbonyl (C=O) groups is 11. The Morgan fingerprint density at radius 3 is 1.93 bits per heavy atom. The second kappa shape index (κ2) is 29.9. The highest BCUT2D eigenvalue weighted by Crippen LogP contribution is 2.13. The number of hydrazine groups is 1. The topological polar surface area (TPSA) is 477 Å². The van der Waals surface area contributed by atoms with Gasteiger partial charge in [-0.05, 0) is 73.1 Å². The van der Waals surface area contributed by atoms with Crippen molar-refractivity contribution in [2.24, 2.45) is 29.1 Å². The average Bonchev–Trinajstić information content (AvgIpc) is 3.30. The number of guanidine groups is 1. The lowest BCUT2D eigenvalue weighted by molar-refractivity contribution is -0.173. The van der Waals surface area contributed by atoms with Crippen LogP contribution in [0.25, 0.3) is 0 Å². The quantitative estimate of drug-likeness (QED) is 0.00866. The van der Waals surface area contributed by atoms with Crippen molar-refractivity contribution in [1.82, 2.24) is 57.7 Å². The molecule has 10 unspecified atom stereocenters. The Morgan fingerprint density at radius 1 is 0.817 bits per heavy atom. The molecule has 0 aromatic carbocycles. The number of aliphatic carboxylic acids is 1. The van der Waals surface area contributed by atoms with E-state index in [1.807, 2.05) is 0 Å². The Labute approximate surface area is 409 Å². The van der Waals surface area contributed by atoms with Crippen LogP contribution in [0.2, 0.25) is 0 Å². The largest absolute Gasteiger partial charge is 0.481 e. The van der Waals surface area contributed by atoms with Crippen LogP contribution in [0.4, 0.5) is 0 Å². The molecule has 400 valence electrons. The number of nitrogens with two attached hydrogens (primary N) is 3. The van der Waals surface area contributed by atoms with Gasteiger partial charge in [-0.15, -0.1) is 0 Å². The zero-order valence-corrected chi connectivity index (χ0v) is 40.8. The predicted molar refractivity (Wildman–Crippen MR) is 247 cm³/mol. The summed E-state index contributed by atoms with van der Waals surface area (Å²) in [7, 11) is 0. The molecule has 0 spiro atoms. The SMILES string of the molecule is C/C=C(/NC(=O)CNC(=O)C(C)NC(=O)C(NC(=O)C(C)C(O)C(C)N)C(C)C(=O)O)C(=O)NC(CCCN(O)C(C)=O)C(=O)NC(C)C(=O)NC(CCCN(N)C(=N)N)C(=O)NC1CCCN(O)C1=O. The van der Waals surface area contributed by atoms with Gasteiger partial charge in [0.15, 0.2) is 0 Å². The maximum atomic E-state index is 13.7. The van der Waals surface area contributed by atoms with E-state index in [0.717, 1.165) is 24.9 Å². The number of allylic oxidation sites excluding steroid dienone is 1. The summed E-state index contributed by atoms with van der Waals surface area (Å²) in [6.07, 6.45) is 0.0502. The van der Waals surface area contributed by atoms with Crippen LogP contribution in [0.15, 0.2) is 11.8 Å². The number of aliphatic hydroxyl groups is 1. The van der Waals surface area contributed by atoms with Crippen LogP contribution in [0, 0.1) is 17.2 Å². The van der Waals surface area contributed by atoms with Gasteiger partial charge in [-0.3, -0.25) is 73.6 Å². The van der Waals surface area contributed by atoms with E-state index in [9.17, 15) is 73.4 Å². The van der Waals surface area contributed by atoms with Crippen molar-refractivity contribution in [3.8, 4) is 0 Å². The minimum absolute atomic E-state index is 0.0172. The molecule has 30 heteroatoms. The zero-order valence-electron chi connectivity index (χ0n) is 40.8. The second-order valence-electron chi connectivity index (χ2n) is 16.9. The van der Waals surface area contributed by atoms with Gasteiger partial charge in [0, 0.05) is 32.6 Å². The normalized spacial score (nSPS) is 17.4. The van der Waals surface area contributed by atoms with E-state index in [2.05, 4.69) is 42.5 Å². The summed E-state index contributed by atoms with van der Waals surface area (Å²) in [5.41, 5.74) is 10.6. The Hall–Kier alpha value is -7.02. The van der Waals surface area contributed by atoms with Gasteiger partial charge in [-0.25, -0.2) is 16.0 Å². The molecule has 30 nitrogen and oxygen atoms in total. The van der Waals surface area contributed by atoms with Crippen molar-refractivity contribution in [2.75, 3.05) is 26.2 Å². The molecule has 0 aliphatic carbocycles. The molecule has 0 aromatic rings. The van der Waals surface area contributed by atoms with Crippen molar-refractivity contribution >= 4 is 71.0 Å². The third-order valence-corrected chi connectivity index (χ3v) is 11.1. The Bertz CT molecular complexity index is 1990. The van der Waals surface area contributed by atoms with Gasteiger partial charge in [0.2, 0.25) is 53.2 Å². The number of rotatable bonds is 28. The lowest BCUT2D eigenvalue weighted by atomic mass is 9.96. The first kappa shape index (κ1) is 62.0. The number of carboxylic acid groups (broad SMARTS) is 1. The van der Waals surface area contributed by atoms with Crippen molar-refractivity contribution in [1.29, 1.82) is 5.41 Å². The van der Waals surface area contributed by atoms with Gasteiger partial charge in [0.25, 0.3) is 11.8 Å². The maximum Gasteiger partial charge on any atom is 0.308 e. The lowest BCUT2D eigenvalue weighted by Crippen LogP contribution is -2.58.